The highest BCUT2D eigenvalue weighted by atomic mass is 19.1. The lowest BCUT2D eigenvalue weighted by molar-refractivity contribution is 0.402. The summed E-state index contributed by atoms with van der Waals surface area (Å²) in [4.78, 5) is 0. The van der Waals surface area contributed by atoms with Crippen LogP contribution in [0.15, 0.2) is 86.2 Å². The maximum Gasteiger partial charge on any atom is 0.167 e. The van der Waals surface area contributed by atoms with Crippen LogP contribution in [-0.2, 0) is 0 Å². The van der Waals surface area contributed by atoms with Crippen LogP contribution in [0.4, 0.5) is 10.1 Å². The van der Waals surface area contributed by atoms with Crippen LogP contribution in [0.5, 0.6) is 11.5 Å². The van der Waals surface area contributed by atoms with Crippen LogP contribution in [0.3, 0.4) is 0 Å². The lowest BCUT2D eigenvalue weighted by Gasteiger charge is -2.19. The van der Waals surface area contributed by atoms with Crippen molar-refractivity contribution in [2.45, 2.75) is 20.1 Å². The van der Waals surface area contributed by atoms with Gasteiger partial charge in [0.1, 0.15) is 11.5 Å². The molecule has 3 aromatic rings. The van der Waals surface area contributed by atoms with Gasteiger partial charge in [0.2, 0.25) is 0 Å². The molecule has 170 valence electrons. The molecular weight excluding hydrogens is 415 g/mol. The number of rotatable bonds is 10. The predicted molar refractivity (Wildman–Crippen MR) is 136 cm³/mol. The van der Waals surface area contributed by atoms with E-state index >= 15 is 0 Å². The molecule has 2 aromatic carbocycles. The standard InChI is InChI=1S/C27H29FN4O/c1-6-7-15-32-20(3)26(18-30-32)25(17-29-5)19(2)24-16-23(13-14-27(24)31-21(4)28)33-22-11-9-8-10-12-22/h6-18,21,29,31H,1-2H2,3-5H3/b15-7-,25-17+. The van der Waals surface area contributed by atoms with Gasteiger partial charge >= 0.3 is 0 Å². The van der Waals surface area contributed by atoms with Gasteiger partial charge in [-0.05, 0) is 55.8 Å². The lowest BCUT2D eigenvalue weighted by atomic mass is 9.93. The van der Waals surface area contributed by atoms with Crippen molar-refractivity contribution < 1.29 is 9.13 Å². The molecule has 0 saturated carbocycles. The molecule has 2 N–H and O–H groups in total. The highest BCUT2D eigenvalue weighted by Crippen LogP contribution is 2.38. The topological polar surface area (TPSA) is 51.1 Å². The van der Waals surface area contributed by atoms with E-state index in [9.17, 15) is 4.39 Å². The molecule has 1 atom stereocenters. The summed E-state index contributed by atoms with van der Waals surface area (Å²) in [6.07, 6.45) is 7.75. The zero-order valence-corrected chi connectivity index (χ0v) is 19.2. The number of nitrogens with one attached hydrogen (secondary N) is 2. The van der Waals surface area contributed by atoms with Gasteiger partial charge in [-0.2, -0.15) is 5.10 Å². The number of ether oxygens (including phenoxy) is 1. The second-order valence-corrected chi connectivity index (χ2v) is 7.37. The van der Waals surface area contributed by atoms with Crippen molar-refractivity contribution in [1.82, 2.24) is 15.1 Å². The highest BCUT2D eigenvalue weighted by molar-refractivity contribution is 6.06. The third-order valence-electron chi connectivity index (χ3n) is 4.96. The molecule has 0 amide bonds. The number of anilines is 1. The summed E-state index contributed by atoms with van der Waals surface area (Å²) >= 11 is 0. The minimum absolute atomic E-state index is 0.619. The Morgan fingerprint density at radius 3 is 2.58 bits per heavy atom. The Morgan fingerprint density at radius 2 is 1.91 bits per heavy atom. The van der Waals surface area contributed by atoms with E-state index in [0.29, 0.717) is 22.8 Å². The third-order valence-corrected chi connectivity index (χ3v) is 4.96. The molecule has 0 saturated heterocycles. The Kier molecular flexibility index (Phi) is 7.86. The van der Waals surface area contributed by atoms with Gasteiger partial charge in [-0.3, -0.25) is 0 Å². The quantitative estimate of drug-likeness (QED) is 0.272. The number of nitrogens with zero attached hydrogens (tertiary/aromatic N) is 2. The minimum Gasteiger partial charge on any atom is -0.457 e. The summed E-state index contributed by atoms with van der Waals surface area (Å²) in [5.74, 6) is 1.34. The lowest BCUT2D eigenvalue weighted by Crippen LogP contribution is -2.10. The molecule has 5 nitrogen and oxygen atoms in total. The Labute approximate surface area is 194 Å². The summed E-state index contributed by atoms with van der Waals surface area (Å²) in [6.45, 7) is 11.5. The van der Waals surface area contributed by atoms with E-state index < -0.39 is 6.30 Å². The fraction of sp³-hybridized carbons (Fsp3) is 0.148. The van der Waals surface area contributed by atoms with Crippen LogP contribution < -0.4 is 15.4 Å². The van der Waals surface area contributed by atoms with E-state index in [-0.39, 0.29) is 0 Å². The zero-order valence-electron chi connectivity index (χ0n) is 19.2. The molecule has 1 aromatic heterocycles. The zero-order chi connectivity index (χ0) is 23.8. The van der Waals surface area contributed by atoms with Crippen molar-refractivity contribution >= 4 is 23.0 Å². The number of hydrogen-bond acceptors (Lipinski definition) is 4. The van der Waals surface area contributed by atoms with Gasteiger partial charge in [-0.1, -0.05) is 37.4 Å². The number of allylic oxidation sites excluding steroid dienone is 4. The normalized spacial score (nSPS) is 12.4. The average molecular weight is 445 g/mol. The Morgan fingerprint density at radius 1 is 1.15 bits per heavy atom. The number of aromatic nitrogens is 2. The van der Waals surface area contributed by atoms with Gasteiger partial charge in [0.15, 0.2) is 6.30 Å². The number of para-hydroxylation sites is 1. The predicted octanol–water partition coefficient (Wildman–Crippen LogP) is 6.64. The maximum atomic E-state index is 13.9. The molecule has 1 heterocycles. The summed E-state index contributed by atoms with van der Waals surface area (Å²) in [5.41, 5.74) is 4.70. The number of benzene rings is 2. The summed E-state index contributed by atoms with van der Waals surface area (Å²) in [6, 6.07) is 15.0. The second-order valence-electron chi connectivity index (χ2n) is 7.37. The van der Waals surface area contributed by atoms with Crippen LogP contribution in [-0.4, -0.2) is 23.1 Å². The van der Waals surface area contributed by atoms with Crippen LogP contribution in [0.1, 0.15) is 23.7 Å². The van der Waals surface area contributed by atoms with Gasteiger partial charge in [0, 0.05) is 47.5 Å². The van der Waals surface area contributed by atoms with E-state index in [4.69, 9.17) is 4.74 Å². The van der Waals surface area contributed by atoms with Crippen molar-refractivity contribution in [3.8, 4) is 11.5 Å². The van der Waals surface area contributed by atoms with Crippen molar-refractivity contribution in [3.63, 3.8) is 0 Å². The smallest absolute Gasteiger partial charge is 0.167 e. The summed E-state index contributed by atoms with van der Waals surface area (Å²) in [5, 5.41) is 10.4. The first-order valence-electron chi connectivity index (χ1n) is 10.6. The molecule has 0 bridgehead atoms. The molecule has 33 heavy (non-hydrogen) atoms. The first-order valence-corrected chi connectivity index (χ1v) is 10.6. The first-order chi connectivity index (χ1) is 15.9. The second kappa shape index (κ2) is 11.0. The molecule has 0 aliphatic rings. The number of alkyl halides is 1. The van der Waals surface area contributed by atoms with Gasteiger partial charge in [0.25, 0.3) is 0 Å². The SMILES string of the molecule is C=C/C=C\n1ncc(/C(=C/NC)C(=C)c2cc(Oc3ccccc3)ccc2NC(C)F)c1C. The Hall–Kier alpha value is -4.06. The molecule has 6 heteroatoms. The van der Waals surface area contributed by atoms with Crippen molar-refractivity contribution in [3.05, 3.63) is 103 Å². The van der Waals surface area contributed by atoms with Gasteiger partial charge in [-0.25, -0.2) is 9.07 Å². The fourth-order valence-corrected chi connectivity index (χ4v) is 3.40. The largest absolute Gasteiger partial charge is 0.457 e. The third kappa shape index (κ3) is 5.80. The molecule has 0 aliphatic carbocycles. The van der Waals surface area contributed by atoms with E-state index in [1.165, 1.54) is 6.92 Å². The van der Waals surface area contributed by atoms with E-state index in [2.05, 4.69) is 28.9 Å². The average Bonchev–Trinajstić information content (AvgIpc) is 3.17. The van der Waals surface area contributed by atoms with Crippen LogP contribution in [0.25, 0.3) is 17.3 Å². The van der Waals surface area contributed by atoms with E-state index in [0.717, 1.165) is 22.4 Å². The van der Waals surface area contributed by atoms with Crippen LogP contribution in [0, 0.1) is 6.92 Å². The maximum absolute atomic E-state index is 13.9. The Balaban J connectivity index is 2.05. The van der Waals surface area contributed by atoms with Gasteiger partial charge < -0.3 is 15.4 Å². The summed E-state index contributed by atoms with van der Waals surface area (Å²) < 4.78 is 21.7. The van der Waals surface area contributed by atoms with Crippen LogP contribution in [0.2, 0.25) is 0 Å². The van der Waals surface area contributed by atoms with Crippen LogP contribution >= 0.6 is 0 Å². The molecule has 0 fully saturated rings. The van der Waals surface area contributed by atoms with Gasteiger partial charge in [-0.15, -0.1) is 0 Å². The number of halogens is 1. The fourth-order valence-electron chi connectivity index (χ4n) is 3.40. The van der Waals surface area contributed by atoms with Gasteiger partial charge in [0.05, 0.1) is 6.20 Å². The van der Waals surface area contributed by atoms with E-state index in [1.807, 2.05) is 68.8 Å². The molecule has 0 aliphatic heterocycles. The summed E-state index contributed by atoms with van der Waals surface area (Å²) in [7, 11) is 1.82. The van der Waals surface area contributed by atoms with E-state index in [1.54, 1.807) is 29.1 Å². The minimum atomic E-state index is -1.23. The molecular formula is C27H29FN4O. The monoisotopic (exact) mass is 444 g/mol. The van der Waals surface area contributed by atoms with Crippen molar-refractivity contribution in [1.29, 1.82) is 0 Å². The first kappa shape index (κ1) is 23.6. The molecule has 0 spiro atoms. The molecule has 3 rings (SSSR count). The van der Waals surface area contributed by atoms with Crippen molar-refractivity contribution in [2.75, 3.05) is 12.4 Å². The van der Waals surface area contributed by atoms with Crippen molar-refractivity contribution in [2.24, 2.45) is 0 Å². The molecule has 1 unspecified atom stereocenters. The highest BCUT2D eigenvalue weighted by Gasteiger charge is 2.18. The number of hydrogen-bond donors (Lipinski definition) is 2. The Bertz CT molecular complexity index is 1180. The molecule has 0 radical (unpaired) electrons.